The van der Waals surface area contributed by atoms with Crippen LogP contribution in [-0.4, -0.2) is 16.2 Å². The van der Waals surface area contributed by atoms with Gasteiger partial charge in [0.05, 0.1) is 0 Å². The Hall–Kier alpha value is 1.25. The lowest BCUT2D eigenvalue weighted by atomic mass is 9.97. The van der Waals surface area contributed by atoms with Gasteiger partial charge in [0.15, 0.2) is 10.1 Å². The predicted molar refractivity (Wildman–Crippen MR) is 88.2 cm³/mol. The fraction of sp³-hybridized carbons (Fsp3) is 0.538. The number of alkyl halides is 1. The number of benzene rings is 1. The molecule has 2 nitrogen and oxygen atoms in total. The van der Waals surface area contributed by atoms with Crippen molar-refractivity contribution in [2.75, 3.05) is 0 Å². The highest BCUT2D eigenvalue weighted by molar-refractivity contribution is 9.93. The van der Waals surface area contributed by atoms with Gasteiger partial charge in [-0.15, -0.1) is 0 Å². The molecule has 0 amide bonds. The van der Waals surface area contributed by atoms with Gasteiger partial charge in [-0.05, 0) is 24.5 Å². The molecule has 20 heavy (non-hydrogen) atoms. The minimum Gasteiger partial charge on any atom is -1.00 e. The molecule has 2 bridgehead atoms. The van der Waals surface area contributed by atoms with E-state index in [1.54, 1.807) is 0 Å². The van der Waals surface area contributed by atoms with Crippen molar-refractivity contribution in [3.8, 4) is 0 Å². The van der Waals surface area contributed by atoms with Gasteiger partial charge in [-0.25, -0.2) is 0 Å². The maximum atomic E-state index is 13.1. The maximum absolute atomic E-state index is 13.1. The summed E-state index contributed by atoms with van der Waals surface area (Å²) in [6.45, 7) is 0. The Morgan fingerprint density at radius 2 is 1.80 bits per heavy atom. The van der Waals surface area contributed by atoms with Gasteiger partial charge in [-0.2, -0.15) is 4.18 Å². The summed E-state index contributed by atoms with van der Waals surface area (Å²) in [7, 11) is -2.28. The minimum atomic E-state index is -2.28. The molecule has 0 radical (unpaired) electrons. The summed E-state index contributed by atoms with van der Waals surface area (Å²) in [5.74, 6) is 1.18. The zero-order chi connectivity index (χ0) is 13.6. The molecule has 0 N–H and O–H groups in total. The van der Waals surface area contributed by atoms with Crippen LogP contribution in [0.1, 0.15) is 12.8 Å². The van der Waals surface area contributed by atoms with E-state index in [0.29, 0.717) is 16.7 Å². The SMILES string of the molecule is BrBr.O=[S+]1(c2ccccc2)O[C@@H]2[C@@H](Br)[C@H]3C[C@@H]2[C@@H]1C3.[Br-]. The quantitative estimate of drug-likeness (QED) is 0.391. The van der Waals surface area contributed by atoms with Gasteiger partial charge in [0, 0.05) is 45.4 Å². The first-order valence-corrected chi connectivity index (χ1v) is 12.4. The average Bonchev–Trinajstić information content (AvgIpc) is 3.07. The lowest BCUT2D eigenvalue weighted by molar-refractivity contribution is -0.00000627. The van der Waals surface area contributed by atoms with Crippen LogP contribution in [0, 0.1) is 11.8 Å². The first-order valence-electron chi connectivity index (χ1n) is 6.25. The second kappa shape index (κ2) is 6.79. The number of rotatable bonds is 1. The summed E-state index contributed by atoms with van der Waals surface area (Å²) in [5.41, 5.74) is 0. The van der Waals surface area contributed by atoms with Crippen LogP contribution in [0.2, 0.25) is 0 Å². The topological polar surface area (TPSA) is 26.3 Å². The molecule has 6 atom stereocenters. The van der Waals surface area contributed by atoms with E-state index in [1.165, 1.54) is 6.42 Å². The predicted octanol–water partition coefficient (Wildman–Crippen LogP) is 1.73. The van der Waals surface area contributed by atoms with Crippen LogP contribution in [0.5, 0.6) is 0 Å². The molecular weight excluding hydrogens is 540 g/mol. The van der Waals surface area contributed by atoms with Crippen molar-refractivity contribution in [2.45, 2.75) is 33.9 Å². The third kappa shape index (κ3) is 2.54. The van der Waals surface area contributed by atoms with Crippen molar-refractivity contribution in [2.24, 2.45) is 11.8 Å². The Balaban J connectivity index is 0.000000471. The molecule has 3 fully saturated rings. The Kier molecular flexibility index (Phi) is 5.97. The molecule has 1 heterocycles. The molecular formula is C13H14Br4O2S. The first-order chi connectivity index (χ1) is 9.20. The summed E-state index contributed by atoms with van der Waals surface area (Å²) < 4.78 is 19.1. The minimum absolute atomic E-state index is 0. The molecule has 1 saturated heterocycles. The van der Waals surface area contributed by atoms with E-state index in [1.807, 2.05) is 30.3 Å². The van der Waals surface area contributed by atoms with Crippen LogP contribution in [-0.2, 0) is 18.6 Å². The molecule has 2 saturated carbocycles. The standard InChI is InChI=1S/C13H14BrO2S.Br2.BrH/c14-12-8-6-10-11(7-8)17(15,16-13(10)12)9-4-2-1-3-5-9;1-2;/h1-5,8,10-13H,6-7H2;;1H/q+1;;/p-1/t8-,10+,11-,12-,13-,17?;;/m0../s1. The van der Waals surface area contributed by atoms with E-state index in [0.717, 1.165) is 11.3 Å². The molecule has 7 heteroatoms. The lowest BCUT2D eigenvalue weighted by Crippen LogP contribution is -3.00. The Morgan fingerprint density at radius 3 is 2.35 bits per heavy atom. The van der Waals surface area contributed by atoms with Crippen LogP contribution in [0.15, 0.2) is 35.2 Å². The summed E-state index contributed by atoms with van der Waals surface area (Å²) in [6.07, 6.45) is 2.42. The number of halogens is 4. The second-order valence-electron chi connectivity index (χ2n) is 5.30. The van der Waals surface area contributed by atoms with Gasteiger partial charge in [0.2, 0.25) is 0 Å². The van der Waals surface area contributed by atoms with Crippen molar-refractivity contribution in [3.63, 3.8) is 0 Å². The molecule has 4 rings (SSSR count). The smallest absolute Gasteiger partial charge is 0.254 e. The van der Waals surface area contributed by atoms with E-state index < -0.39 is 10.2 Å². The van der Waals surface area contributed by atoms with Crippen molar-refractivity contribution in [1.29, 1.82) is 0 Å². The molecule has 0 aromatic heterocycles. The first kappa shape index (κ1) is 17.6. The zero-order valence-corrected chi connectivity index (χ0v) is 17.6. The molecule has 1 unspecified atom stereocenters. The number of hydrogen-bond acceptors (Lipinski definition) is 2. The van der Waals surface area contributed by atoms with Crippen LogP contribution in [0.25, 0.3) is 0 Å². The second-order valence-corrected chi connectivity index (χ2v) is 8.71. The van der Waals surface area contributed by atoms with Gasteiger partial charge in [-0.3, -0.25) is 0 Å². The van der Waals surface area contributed by atoms with E-state index in [9.17, 15) is 4.21 Å². The normalized spacial score (nSPS) is 43.6. The number of hydrogen-bond donors (Lipinski definition) is 0. The Bertz CT molecular complexity index is 512. The summed E-state index contributed by atoms with van der Waals surface area (Å²) in [6, 6.07) is 9.75. The van der Waals surface area contributed by atoms with E-state index in [4.69, 9.17) is 4.18 Å². The largest absolute Gasteiger partial charge is 1.00 e. The highest BCUT2D eigenvalue weighted by Crippen LogP contribution is 2.60. The van der Waals surface area contributed by atoms with Crippen molar-refractivity contribution in [1.82, 2.24) is 0 Å². The third-order valence-corrected chi connectivity index (χ3v) is 8.54. The molecule has 112 valence electrons. The van der Waals surface area contributed by atoms with Gasteiger partial charge in [0.25, 0.3) is 10.2 Å². The number of fused-ring (bicyclic) bond motifs is 1. The lowest BCUT2D eigenvalue weighted by Gasteiger charge is -2.15. The summed E-state index contributed by atoms with van der Waals surface area (Å²) >= 11 is 9.22. The fourth-order valence-corrected chi connectivity index (χ4v) is 7.77. The van der Waals surface area contributed by atoms with Crippen molar-refractivity contribution < 1.29 is 25.4 Å². The molecule has 3 aliphatic rings. The van der Waals surface area contributed by atoms with Crippen LogP contribution < -0.4 is 17.0 Å². The maximum Gasteiger partial charge on any atom is 0.254 e. The van der Waals surface area contributed by atoms with Crippen molar-refractivity contribution in [3.05, 3.63) is 30.3 Å². The zero-order valence-electron chi connectivity index (χ0n) is 10.4. The van der Waals surface area contributed by atoms with Gasteiger partial charge >= 0.3 is 0 Å². The molecule has 2 aliphatic carbocycles. The molecule has 1 aromatic carbocycles. The fourth-order valence-electron chi connectivity index (χ4n) is 3.74. The van der Waals surface area contributed by atoms with Crippen LogP contribution in [0.3, 0.4) is 0 Å². The Morgan fingerprint density at radius 1 is 1.15 bits per heavy atom. The highest BCUT2D eigenvalue weighted by Gasteiger charge is 2.70. The summed E-state index contributed by atoms with van der Waals surface area (Å²) in [5, 5.41) is 0.258. The van der Waals surface area contributed by atoms with Gasteiger partial charge in [0.1, 0.15) is 6.10 Å². The third-order valence-electron chi connectivity index (χ3n) is 4.50. The van der Waals surface area contributed by atoms with Crippen LogP contribution in [0.4, 0.5) is 0 Å². The van der Waals surface area contributed by atoms with E-state index >= 15 is 0 Å². The van der Waals surface area contributed by atoms with Crippen molar-refractivity contribution >= 4 is 54.4 Å². The molecule has 0 spiro atoms. The molecule has 1 aromatic rings. The molecule has 1 aliphatic heterocycles. The monoisotopic (exact) mass is 550 g/mol. The Labute approximate surface area is 154 Å². The van der Waals surface area contributed by atoms with E-state index in [-0.39, 0.29) is 28.3 Å². The van der Waals surface area contributed by atoms with Gasteiger partial charge < -0.3 is 17.0 Å². The average molecular weight is 554 g/mol. The highest BCUT2D eigenvalue weighted by atomic mass is 80.9. The summed E-state index contributed by atoms with van der Waals surface area (Å²) in [4.78, 5) is 1.30. The van der Waals surface area contributed by atoms with Crippen LogP contribution >= 0.6 is 44.2 Å². The van der Waals surface area contributed by atoms with E-state index in [2.05, 4.69) is 44.2 Å². The van der Waals surface area contributed by atoms with Gasteiger partial charge in [-0.1, -0.05) is 38.3 Å².